The van der Waals surface area contributed by atoms with Crippen LogP contribution in [0, 0.1) is 5.41 Å². The van der Waals surface area contributed by atoms with E-state index in [9.17, 15) is 0 Å². The van der Waals surface area contributed by atoms with E-state index in [1.165, 1.54) is 0 Å². The molecule has 0 aromatic heterocycles. The van der Waals surface area contributed by atoms with Crippen molar-refractivity contribution in [3.8, 4) is 0 Å². The lowest BCUT2D eigenvalue weighted by Crippen LogP contribution is -2.34. The van der Waals surface area contributed by atoms with Crippen molar-refractivity contribution in [2.75, 3.05) is 39.6 Å². The molecule has 0 spiro atoms. The maximum absolute atomic E-state index is 5.43. The van der Waals surface area contributed by atoms with Gasteiger partial charge in [-0.3, -0.25) is 0 Å². The molecular formula is C11H24O3. The van der Waals surface area contributed by atoms with E-state index in [-0.39, 0.29) is 5.41 Å². The minimum Gasteiger partial charge on any atom is -0.381 e. The summed E-state index contributed by atoms with van der Waals surface area (Å²) in [6, 6.07) is 0. The zero-order valence-corrected chi connectivity index (χ0v) is 9.97. The van der Waals surface area contributed by atoms with Crippen LogP contribution in [0.4, 0.5) is 0 Å². The average Bonchev–Trinajstić information content (AvgIpc) is 2.21. The third-order valence-corrected chi connectivity index (χ3v) is 1.96. The Balaban J connectivity index is 3.89. The Bertz CT molecular complexity index is 104. The van der Waals surface area contributed by atoms with Gasteiger partial charge in [0.1, 0.15) is 0 Å². The van der Waals surface area contributed by atoms with E-state index in [4.69, 9.17) is 14.2 Å². The summed E-state index contributed by atoms with van der Waals surface area (Å²) < 4.78 is 16.3. The Morgan fingerprint density at radius 1 is 0.714 bits per heavy atom. The molecule has 0 atom stereocenters. The van der Waals surface area contributed by atoms with Gasteiger partial charge in [0.05, 0.1) is 19.8 Å². The van der Waals surface area contributed by atoms with Gasteiger partial charge in [-0.25, -0.2) is 0 Å². The lowest BCUT2D eigenvalue weighted by Gasteiger charge is -2.28. The predicted octanol–water partition coefficient (Wildman–Crippen LogP) is 2.10. The van der Waals surface area contributed by atoms with E-state index in [2.05, 4.69) is 6.92 Å². The molecule has 0 aromatic rings. The Kier molecular flexibility index (Phi) is 8.14. The molecule has 86 valence electrons. The van der Waals surface area contributed by atoms with Crippen molar-refractivity contribution in [3.63, 3.8) is 0 Å². The molecule has 0 aliphatic carbocycles. The average molecular weight is 204 g/mol. The first kappa shape index (κ1) is 13.9. The standard InChI is InChI=1S/C11H24O3/c1-5-12-8-11(4,9-13-6-2)10-14-7-3/h5-10H2,1-4H3. The lowest BCUT2D eigenvalue weighted by molar-refractivity contribution is -0.0538. The minimum atomic E-state index is -0.0119. The summed E-state index contributed by atoms with van der Waals surface area (Å²) in [6.45, 7) is 12.5. The molecule has 0 unspecified atom stereocenters. The quantitative estimate of drug-likeness (QED) is 0.575. The van der Waals surface area contributed by atoms with Gasteiger partial charge in [-0.1, -0.05) is 6.92 Å². The first-order valence-corrected chi connectivity index (χ1v) is 5.41. The maximum atomic E-state index is 5.43. The Morgan fingerprint density at radius 3 is 1.21 bits per heavy atom. The van der Waals surface area contributed by atoms with Crippen LogP contribution in [-0.2, 0) is 14.2 Å². The smallest absolute Gasteiger partial charge is 0.0563 e. The molecule has 0 radical (unpaired) electrons. The summed E-state index contributed by atoms with van der Waals surface area (Å²) in [4.78, 5) is 0. The highest BCUT2D eigenvalue weighted by Crippen LogP contribution is 2.18. The van der Waals surface area contributed by atoms with Crippen LogP contribution in [0.15, 0.2) is 0 Å². The molecule has 0 heterocycles. The van der Waals surface area contributed by atoms with Gasteiger partial charge >= 0.3 is 0 Å². The van der Waals surface area contributed by atoms with Crippen molar-refractivity contribution >= 4 is 0 Å². The fraction of sp³-hybridized carbons (Fsp3) is 1.00. The van der Waals surface area contributed by atoms with Gasteiger partial charge in [-0.05, 0) is 20.8 Å². The fourth-order valence-electron chi connectivity index (χ4n) is 1.17. The topological polar surface area (TPSA) is 27.7 Å². The van der Waals surface area contributed by atoms with Crippen LogP contribution in [0.5, 0.6) is 0 Å². The molecule has 0 aromatic carbocycles. The molecule has 0 amide bonds. The summed E-state index contributed by atoms with van der Waals surface area (Å²) in [5.74, 6) is 0. The van der Waals surface area contributed by atoms with E-state index in [0.29, 0.717) is 19.8 Å². The fourth-order valence-corrected chi connectivity index (χ4v) is 1.17. The first-order chi connectivity index (χ1) is 6.68. The van der Waals surface area contributed by atoms with Gasteiger partial charge < -0.3 is 14.2 Å². The highest BCUT2D eigenvalue weighted by atomic mass is 16.5. The van der Waals surface area contributed by atoms with E-state index >= 15 is 0 Å². The molecular weight excluding hydrogens is 180 g/mol. The van der Waals surface area contributed by atoms with Crippen LogP contribution >= 0.6 is 0 Å². The second-order valence-corrected chi connectivity index (χ2v) is 3.72. The van der Waals surface area contributed by atoms with Gasteiger partial charge in [0.15, 0.2) is 0 Å². The minimum absolute atomic E-state index is 0.0119. The van der Waals surface area contributed by atoms with Gasteiger partial charge in [0, 0.05) is 25.2 Å². The van der Waals surface area contributed by atoms with Gasteiger partial charge in [-0.2, -0.15) is 0 Å². The summed E-state index contributed by atoms with van der Waals surface area (Å²) in [6.07, 6.45) is 0. The van der Waals surface area contributed by atoms with Crippen LogP contribution in [-0.4, -0.2) is 39.6 Å². The van der Waals surface area contributed by atoms with Crippen molar-refractivity contribution in [2.45, 2.75) is 27.7 Å². The van der Waals surface area contributed by atoms with Crippen molar-refractivity contribution < 1.29 is 14.2 Å². The Labute approximate surface area is 87.7 Å². The van der Waals surface area contributed by atoms with Crippen LogP contribution in [0.25, 0.3) is 0 Å². The van der Waals surface area contributed by atoms with Crippen molar-refractivity contribution in [1.82, 2.24) is 0 Å². The van der Waals surface area contributed by atoms with Gasteiger partial charge in [0.25, 0.3) is 0 Å². The van der Waals surface area contributed by atoms with Crippen LogP contribution in [0.3, 0.4) is 0 Å². The molecule has 0 aliphatic heterocycles. The Morgan fingerprint density at radius 2 is 1.00 bits per heavy atom. The van der Waals surface area contributed by atoms with E-state index < -0.39 is 0 Å². The molecule has 0 aliphatic rings. The van der Waals surface area contributed by atoms with E-state index in [1.807, 2.05) is 20.8 Å². The largest absolute Gasteiger partial charge is 0.381 e. The first-order valence-electron chi connectivity index (χ1n) is 5.41. The van der Waals surface area contributed by atoms with Crippen molar-refractivity contribution in [1.29, 1.82) is 0 Å². The zero-order valence-electron chi connectivity index (χ0n) is 9.97. The lowest BCUT2D eigenvalue weighted by atomic mass is 9.94. The molecule has 3 nitrogen and oxygen atoms in total. The molecule has 0 N–H and O–H groups in total. The number of ether oxygens (including phenoxy) is 3. The summed E-state index contributed by atoms with van der Waals surface area (Å²) in [7, 11) is 0. The normalized spacial score (nSPS) is 12.0. The molecule has 14 heavy (non-hydrogen) atoms. The number of hydrogen-bond donors (Lipinski definition) is 0. The molecule has 0 bridgehead atoms. The maximum Gasteiger partial charge on any atom is 0.0563 e. The second kappa shape index (κ2) is 8.21. The molecule has 3 heteroatoms. The number of rotatable bonds is 9. The van der Waals surface area contributed by atoms with Crippen LogP contribution < -0.4 is 0 Å². The second-order valence-electron chi connectivity index (χ2n) is 3.72. The molecule has 0 saturated carbocycles. The molecule has 0 fully saturated rings. The summed E-state index contributed by atoms with van der Waals surface area (Å²) in [5, 5.41) is 0. The van der Waals surface area contributed by atoms with Crippen LogP contribution in [0.1, 0.15) is 27.7 Å². The molecule has 0 saturated heterocycles. The third kappa shape index (κ3) is 6.35. The third-order valence-electron chi connectivity index (χ3n) is 1.96. The Hall–Kier alpha value is -0.120. The van der Waals surface area contributed by atoms with Crippen molar-refractivity contribution in [3.05, 3.63) is 0 Å². The van der Waals surface area contributed by atoms with Gasteiger partial charge in [-0.15, -0.1) is 0 Å². The summed E-state index contributed by atoms with van der Waals surface area (Å²) in [5.41, 5.74) is -0.0119. The van der Waals surface area contributed by atoms with Crippen LogP contribution in [0.2, 0.25) is 0 Å². The van der Waals surface area contributed by atoms with E-state index in [0.717, 1.165) is 19.8 Å². The summed E-state index contributed by atoms with van der Waals surface area (Å²) >= 11 is 0. The highest BCUT2D eigenvalue weighted by Gasteiger charge is 2.25. The molecule has 0 rings (SSSR count). The monoisotopic (exact) mass is 204 g/mol. The van der Waals surface area contributed by atoms with Gasteiger partial charge in [0.2, 0.25) is 0 Å². The zero-order chi connectivity index (χ0) is 10.9. The highest BCUT2D eigenvalue weighted by molar-refractivity contribution is 4.73. The predicted molar refractivity (Wildman–Crippen MR) is 57.6 cm³/mol. The van der Waals surface area contributed by atoms with Crippen molar-refractivity contribution in [2.24, 2.45) is 5.41 Å². The SMILES string of the molecule is CCOCC(C)(COCC)COCC. The van der Waals surface area contributed by atoms with E-state index in [1.54, 1.807) is 0 Å². The number of hydrogen-bond acceptors (Lipinski definition) is 3.